The van der Waals surface area contributed by atoms with Crippen LogP contribution in [0, 0.1) is 56.7 Å². The van der Waals surface area contributed by atoms with E-state index in [9.17, 15) is 24.6 Å². The van der Waals surface area contributed by atoms with Crippen LogP contribution in [0.2, 0.25) is 0 Å². The molecule has 4 unspecified atom stereocenters. The number of hydrogen-bond acceptors (Lipinski definition) is 8. The molecule has 0 aromatic heterocycles. The molecule has 0 radical (unpaired) electrons. The van der Waals surface area contributed by atoms with E-state index >= 15 is 0 Å². The van der Waals surface area contributed by atoms with Gasteiger partial charge in [0.25, 0.3) is 0 Å². The summed E-state index contributed by atoms with van der Waals surface area (Å²) in [6.07, 6.45) is 8.46. The second-order valence-corrected chi connectivity index (χ2v) is 19.2. The number of rotatable bonds is 9. The molecule has 1 amide bonds. The van der Waals surface area contributed by atoms with Gasteiger partial charge in [-0.1, -0.05) is 34.6 Å². The summed E-state index contributed by atoms with van der Waals surface area (Å²) in [5.41, 5.74) is -1.91. The molecular weight excluding hydrogens is 626 g/mol. The quantitative estimate of drug-likeness (QED) is 0.143. The van der Waals surface area contributed by atoms with Crippen molar-refractivity contribution in [1.29, 1.82) is 0 Å². The average molecular weight is 690 g/mol. The molecule has 0 bridgehead atoms. The molecule has 1 saturated heterocycles. The Balaban J connectivity index is 1.14. The zero-order valence-electron chi connectivity index (χ0n) is 31.3. The molecule has 3 N–H and O–H groups in total. The summed E-state index contributed by atoms with van der Waals surface area (Å²) >= 11 is 0. The molecule has 5 saturated carbocycles. The number of epoxide rings is 1. The molecule has 11 atom stereocenters. The minimum atomic E-state index is -0.775. The van der Waals surface area contributed by atoms with Gasteiger partial charge in [0.1, 0.15) is 24.4 Å². The number of aliphatic carboxylic acids is 1. The lowest BCUT2D eigenvalue weighted by atomic mass is 9.32. The molecule has 0 aromatic carbocycles. The van der Waals surface area contributed by atoms with Crippen molar-refractivity contribution in [1.82, 2.24) is 5.32 Å². The third kappa shape index (κ3) is 5.91. The Kier molecular flexibility index (Phi) is 9.30. The third-order valence-electron chi connectivity index (χ3n) is 15.6. The molecule has 5 aliphatic carbocycles. The summed E-state index contributed by atoms with van der Waals surface area (Å²) < 4.78 is 22.6. The third-order valence-corrected chi connectivity index (χ3v) is 15.6. The van der Waals surface area contributed by atoms with Gasteiger partial charge in [-0.2, -0.15) is 0 Å². The van der Waals surface area contributed by atoms with Crippen LogP contribution in [0.15, 0.2) is 0 Å². The van der Waals surface area contributed by atoms with E-state index in [0.29, 0.717) is 31.3 Å². The Morgan fingerprint density at radius 3 is 2.22 bits per heavy atom. The predicted octanol–water partition coefficient (Wildman–Crippen LogP) is 6.37. The van der Waals surface area contributed by atoms with Crippen molar-refractivity contribution < 1.29 is 43.5 Å². The first-order valence-electron chi connectivity index (χ1n) is 19.0. The Morgan fingerprint density at radius 2 is 1.57 bits per heavy atom. The zero-order valence-corrected chi connectivity index (χ0v) is 31.3. The number of ether oxygens (including phenoxy) is 4. The summed E-state index contributed by atoms with van der Waals surface area (Å²) in [6.45, 7) is 18.1. The first-order chi connectivity index (χ1) is 22.8. The van der Waals surface area contributed by atoms with Crippen LogP contribution in [0.1, 0.15) is 120 Å². The molecule has 278 valence electrons. The summed E-state index contributed by atoms with van der Waals surface area (Å²) in [7, 11) is 0. The Morgan fingerprint density at radius 1 is 0.857 bits per heavy atom. The Hall–Kier alpha value is -1.91. The first kappa shape index (κ1) is 36.9. The van der Waals surface area contributed by atoms with Gasteiger partial charge in [0.2, 0.25) is 0 Å². The van der Waals surface area contributed by atoms with Crippen molar-refractivity contribution in [3.63, 3.8) is 0 Å². The topological polar surface area (TPSA) is 144 Å². The summed E-state index contributed by atoms with van der Waals surface area (Å²) in [6, 6.07) is 0. The van der Waals surface area contributed by atoms with Crippen LogP contribution in [0.4, 0.5) is 4.79 Å². The highest BCUT2D eigenvalue weighted by Gasteiger charge is 2.74. The van der Waals surface area contributed by atoms with Crippen molar-refractivity contribution in [3.8, 4) is 0 Å². The van der Waals surface area contributed by atoms with Crippen LogP contribution >= 0.6 is 0 Å². The van der Waals surface area contributed by atoms with Crippen molar-refractivity contribution in [3.05, 3.63) is 0 Å². The van der Waals surface area contributed by atoms with E-state index in [4.69, 9.17) is 18.9 Å². The van der Waals surface area contributed by atoms with E-state index in [2.05, 4.69) is 39.9 Å². The van der Waals surface area contributed by atoms with Gasteiger partial charge in [0.15, 0.2) is 0 Å². The van der Waals surface area contributed by atoms with Crippen molar-refractivity contribution in [2.75, 3.05) is 33.0 Å². The van der Waals surface area contributed by atoms with Crippen LogP contribution in [-0.4, -0.2) is 78.5 Å². The second-order valence-electron chi connectivity index (χ2n) is 19.2. The highest BCUT2D eigenvalue weighted by molar-refractivity contribution is 5.76. The van der Waals surface area contributed by atoms with Gasteiger partial charge in [-0.3, -0.25) is 4.79 Å². The van der Waals surface area contributed by atoms with Gasteiger partial charge in [-0.05, 0) is 136 Å². The molecule has 6 rings (SSSR count). The number of carbonyl (C=O) groups excluding carboxylic acids is 2. The Bertz CT molecular complexity index is 1310. The SMILES string of the molecule is CC(C)(C)OC(=O)NCCOCC(=O)OC[C@]1([C@@H]2CC[C@]3(C(=O)O)CC[C@]4(C)C(CCC5[C@@]6(C)CC[C@@H](O)C(C)(C)C6CC[C@]54C)C23)CO1. The van der Waals surface area contributed by atoms with Gasteiger partial charge in [0.05, 0.1) is 24.7 Å². The number of amides is 1. The summed E-state index contributed by atoms with van der Waals surface area (Å²) in [4.78, 5) is 37.8. The molecule has 6 aliphatic rings. The summed E-state index contributed by atoms with van der Waals surface area (Å²) in [5.74, 6) is 0.0760. The maximum Gasteiger partial charge on any atom is 0.407 e. The summed E-state index contributed by atoms with van der Waals surface area (Å²) in [5, 5.41) is 24.6. The molecule has 0 aromatic rings. The van der Waals surface area contributed by atoms with Gasteiger partial charge in [-0.25, -0.2) is 9.59 Å². The average Bonchev–Trinajstić information content (AvgIpc) is 3.68. The Labute approximate surface area is 293 Å². The number of carbonyl (C=O) groups is 3. The number of aliphatic hydroxyl groups is 1. The highest BCUT2D eigenvalue weighted by Crippen LogP contribution is 2.78. The van der Waals surface area contributed by atoms with E-state index in [1.165, 1.54) is 0 Å². The number of aliphatic hydroxyl groups excluding tert-OH is 1. The largest absolute Gasteiger partial charge is 0.481 e. The fraction of sp³-hybridized carbons (Fsp3) is 0.923. The molecular formula is C39H63NO9. The number of fused-ring (bicyclic) bond motifs is 7. The number of carboxylic acid groups (broad SMARTS) is 1. The normalized spacial score (nSPS) is 45.2. The van der Waals surface area contributed by atoms with Crippen molar-refractivity contribution in [2.45, 2.75) is 137 Å². The minimum absolute atomic E-state index is 0.00968. The monoisotopic (exact) mass is 689 g/mol. The van der Waals surface area contributed by atoms with Crippen LogP contribution in [0.25, 0.3) is 0 Å². The van der Waals surface area contributed by atoms with E-state index in [0.717, 1.165) is 51.4 Å². The van der Waals surface area contributed by atoms with E-state index in [1.807, 2.05) is 0 Å². The number of hydrogen-bond donors (Lipinski definition) is 3. The molecule has 10 nitrogen and oxygen atoms in total. The zero-order chi connectivity index (χ0) is 35.8. The minimum Gasteiger partial charge on any atom is -0.481 e. The van der Waals surface area contributed by atoms with Crippen molar-refractivity contribution in [2.24, 2.45) is 56.7 Å². The van der Waals surface area contributed by atoms with Crippen LogP contribution in [0.3, 0.4) is 0 Å². The number of alkyl carbamates (subject to hydrolysis) is 1. The number of esters is 1. The van der Waals surface area contributed by atoms with E-state index < -0.39 is 34.6 Å². The predicted molar refractivity (Wildman–Crippen MR) is 182 cm³/mol. The fourth-order valence-electron chi connectivity index (χ4n) is 13.0. The molecule has 49 heavy (non-hydrogen) atoms. The lowest BCUT2D eigenvalue weighted by Crippen LogP contribution is -2.67. The van der Waals surface area contributed by atoms with E-state index in [-0.39, 0.29) is 71.9 Å². The van der Waals surface area contributed by atoms with Crippen LogP contribution < -0.4 is 5.32 Å². The maximum atomic E-state index is 13.3. The maximum absolute atomic E-state index is 13.3. The molecule has 1 aliphatic heterocycles. The lowest BCUT2D eigenvalue weighted by Gasteiger charge is -2.72. The van der Waals surface area contributed by atoms with Crippen molar-refractivity contribution >= 4 is 18.0 Å². The van der Waals surface area contributed by atoms with Gasteiger partial charge in [-0.15, -0.1) is 0 Å². The van der Waals surface area contributed by atoms with Gasteiger partial charge < -0.3 is 34.5 Å². The fourth-order valence-corrected chi connectivity index (χ4v) is 13.0. The number of nitrogens with one attached hydrogen (secondary N) is 1. The lowest BCUT2D eigenvalue weighted by molar-refractivity contribution is -0.250. The smallest absolute Gasteiger partial charge is 0.407 e. The molecule has 0 spiro atoms. The van der Waals surface area contributed by atoms with Gasteiger partial charge in [0, 0.05) is 6.54 Å². The number of carboxylic acids is 1. The van der Waals surface area contributed by atoms with Gasteiger partial charge >= 0.3 is 18.0 Å². The second kappa shape index (κ2) is 12.4. The first-order valence-corrected chi connectivity index (χ1v) is 19.0. The highest BCUT2D eigenvalue weighted by atomic mass is 16.6. The van der Waals surface area contributed by atoms with Crippen LogP contribution in [-0.2, 0) is 28.5 Å². The molecule has 1 heterocycles. The standard InChI is InChI=1S/C39H63NO9/c1-33(2,3)49-32(45)40-19-20-46-21-29(42)47-22-39(23-48-39)25-11-16-38(31(43)44)18-17-36(7)24(30(25)38)9-10-27-35(6)14-13-28(41)34(4,5)26(35)12-15-37(27,36)8/h24-28,30,41H,9-23H2,1-8H3,(H,40,45)(H,43,44)/t24?,25-,26?,27?,28-,30?,35+,36-,37-,38+,39-/m1/s1. The van der Waals surface area contributed by atoms with E-state index in [1.54, 1.807) is 20.8 Å². The molecule has 6 fully saturated rings. The van der Waals surface area contributed by atoms with Crippen LogP contribution in [0.5, 0.6) is 0 Å². The molecule has 10 heteroatoms.